The summed E-state index contributed by atoms with van der Waals surface area (Å²) >= 11 is 2.88. The van der Waals surface area contributed by atoms with Gasteiger partial charge in [0.15, 0.2) is 11.6 Å². The molecule has 20 heavy (non-hydrogen) atoms. The standard InChI is InChI=1S/C14H9BrF2O3/c1-7-6-8(2-4-10(7)16)20-11-5-3-9(14(18)19)12(15)13(11)17/h2-6H,1H3,(H,18,19). The molecule has 0 aliphatic heterocycles. The van der Waals surface area contributed by atoms with Gasteiger partial charge in [0.2, 0.25) is 0 Å². The van der Waals surface area contributed by atoms with Crippen molar-refractivity contribution in [2.75, 3.05) is 0 Å². The van der Waals surface area contributed by atoms with Gasteiger partial charge in [0.1, 0.15) is 11.6 Å². The van der Waals surface area contributed by atoms with Crippen molar-refractivity contribution in [3.8, 4) is 11.5 Å². The molecule has 0 unspecified atom stereocenters. The van der Waals surface area contributed by atoms with E-state index in [1.807, 2.05) is 0 Å². The summed E-state index contributed by atoms with van der Waals surface area (Å²) in [7, 11) is 0. The number of hydrogen-bond acceptors (Lipinski definition) is 2. The molecule has 0 aliphatic carbocycles. The number of carboxylic acid groups (broad SMARTS) is 1. The Labute approximate surface area is 121 Å². The number of carbonyl (C=O) groups is 1. The predicted octanol–water partition coefficient (Wildman–Crippen LogP) is 4.53. The summed E-state index contributed by atoms with van der Waals surface area (Å²) in [6.45, 7) is 1.56. The average molecular weight is 343 g/mol. The van der Waals surface area contributed by atoms with Crippen LogP contribution in [0.1, 0.15) is 15.9 Å². The number of benzene rings is 2. The molecule has 6 heteroatoms. The SMILES string of the molecule is Cc1cc(Oc2ccc(C(=O)O)c(Br)c2F)ccc1F. The van der Waals surface area contributed by atoms with E-state index in [1.165, 1.54) is 30.3 Å². The molecule has 3 nitrogen and oxygen atoms in total. The van der Waals surface area contributed by atoms with Crippen LogP contribution in [0.25, 0.3) is 0 Å². The summed E-state index contributed by atoms with van der Waals surface area (Å²) in [5.74, 6) is -2.35. The highest BCUT2D eigenvalue weighted by Gasteiger charge is 2.17. The van der Waals surface area contributed by atoms with Crippen LogP contribution in [-0.4, -0.2) is 11.1 Å². The van der Waals surface area contributed by atoms with Gasteiger partial charge in [-0.05, 0) is 58.7 Å². The number of aromatic carboxylic acids is 1. The van der Waals surface area contributed by atoms with E-state index in [2.05, 4.69) is 15.9 Å². The third kappa shape index (κ3) is 2.80. The molecule has 0 saturated heterocycles. The maximum atomic E-state index is 14.0. The Bertz CT molecular complexity index is 686. The van der Waals surface area contributed by atoms with Gasteiger partial charge in [-0.1, -0.05) is 0 Å². The molecule has 0 fully saturated rings. The minimum atomic E-state index is -1.25. The van der Waals surface area contributed by atoms with Crippen LogP contribution >= 0.6 is 15.9 Å². The Hall–Kier alpha value is -1.95. The summed E-state index contributed by atoms with van der Waals surface area (Å²) in [5, 5.41) is 8.86. The molecule has 0 spiro atoms. The Morgan fingerprint density at radius 1 is 1.25 bits per heavy atom. The van der Waals surface area contributed by atoms with Crippen LogP contribution in [-0.2, 0) is 0 Å². The van der Waals surface area contributed by atoms with Gasteiger partial charge in [0.05, 0.1) is 10.0 Å². The Balaban J connectivity index is 2.37. The lowest BCUT2D eigenvalue weighted by molar-refractivity contribution is 0.0695. The molecule has 1 N–H and O–H groups in total. The highest BCUT2D eigenvalue weighted by Crippen LogP contribution is 2.32. The normalized spacial score (nSPS) is 10.4. The Morgan fingerprint density at radius 3 is 2.55 bits per heavy atom. The second-order valence-corrected chi connectivity index (χ2v) is 4.85. The van der Waals surface area contributed by atoms with E-state index in [1.54, 1.807) is 6.92 Å². The zero-order valence-corrected chi connectivity index (χ0v) is 11.9. The molecule has 0 amide bonds. The van der Waals surface area contributed by atoms with E-state index >= 15 is 0 Å². The predicted molar refractivity (Wildman–Crippen MR) is 72.3 cm³/mol. The summed E-state index contributed by atoms with van der Waals surface area (Å²) in [4.78, 5) is 10.8. The zero-order chi connectivity index (χ0) is 14.9. The molecular formula is C14H9BrF2O3. The fourth-order valence-electron chi connectivity index (χ4n) is 1.58. The van der Waals surface area contributed by atoms with Crippen molar-refractivity contribution >= 4 is 21.9 Å². The number of ether oxygens (including phenoxy) is 1. The molecule has 0 aliphatic rings. The maximum Gasteiger partial charge on any atom is 0.336 e. The minimum Gasteiger partial charge on any atom is -0.478 e. The number of rotatable bonds is 3. The van der Waals surface area contributed by atoms with Crippen LogP contribution < -0.4 is 4.74 Å². The van der Waals surface area contributed by atoms with Gasteiger partial charge < -0.3 is 9.84 Å². The molecule has 0 aromatic heterocycles. The van der Waals surface area contributed by atoms with Crippen LogP contribution in [0.5, 0.6) is 11.5 Å². The van der Waals surface area contributed by atoms with Crippen molar-refractivity contribution in [1.82, 2.24) is 0 Å². The average Bonchev–Trinajstić information content (AvgIpc) is 2.39. The number of aryl methyl sites for hydroxylation is 1. The molecule has 2 aromatic rings. The minimum absolute atomic E-state index is 0.145. The topological polar surface area (TPSA) is 46.5 Å². The van der Waals surface area contributed by atoms with Crippen molar-refractivity contribution in [2.24, 2.45) is 0 Å². The van der Waals surface area contributed by atoms with E-state index in [-0.39, 0.29) is 27.4 Å². The largest absolute Gasteiger partial charge is 0.478 e. The van der Waals surface area contributed by atoms with Crippen molar-refractivity contribution in [2.45, 2.75) is 6.92 Å². The third-order valence-corrected chi connectivity index (χ3v) is 3.41. The van der Waals surface area contributed by atoms with Crippen LogP contribution in [0.3, 0.4) is 0 Å². The first-order chi connectivity index (χ1) is 9.40. The van der Waals surface area contributed by atoms with Gasteiger partial charge in [-0.15, -0.1) is 0 Å². The van der Waals surface area contributed by atoms with Gasteiger partial charge in [0, 0.05) is 0 Å². The Morgan fingerprint density at radius 2 is 1.95 bits per heavy atom. The highest BCUT2D eigenvalue weighted by atomic mass is 79.9. The fraction of sp³-hybridized carbons (Fsp3) is 0.0714. The molecule has 0 saturated carbocycles. The number of halogens is 3. The molecule has 0 radical (unpaired) electrons. The highest BCUT2D eigenvalue weighted by molar-refractivity contribution is 9.10. The summed E-state index contributed by atoms with van der Waals surface area (Å²) < 4.78 is 32.2. The van der Waals surface area contributed by atoms with Crippen molar-refractivity contribution in [1.29, 1.82) is 0 Å². The first-order valence-corrected chi connectivity index (χ1v) is 6.34. The lowest BCUT2D eigenvalue weighted by atomic mass is 10.2. The van der Waals surface area contributed by atoms with Gasteiger partial charge in [-0.25, -0.2) is 13.6 Å². The fourth-order valence-corrected chi connectivity index (χ4v) is 2.08. The second-order valence-electron chi connectivity index (χ2n) is 4.06. The van der Waals surface area contributed by atoms with E-state index in [4.69, 9.17) is 9.84 Å². The van der Waals surface area contributed by atoms with Gasteiger partial charge in [-0.3, -0.25) is 0 Å². The first-order valence-electron chi connectivity index (χ1n) is 5.55. The summed E-state index contributed by atoms with van der Waals surface area (Å²) in [5.41, 5.74) is 0.161. The third-order valence-electron chi connectivity index (χ3n) is 2.63. The summed E-state index contributed by atoms with van der Waals surface area (Å²) in [6.07, 6.45) is 0. The Kier molecular flexibility index (Phi) is 4.04. The van der Waals surface area contributed by atoms with E-state index in [9.17, 15) is 13.6 Å². The van der Waals surface area contributed by atoms with Gasteiger partial charge in [-0.2, -0.15) is 0 Å². The summed E-state index contributed by atoms with van der Waals surface area (Å²) in [6, 6.07) is 6.43. The molecule has 2 aromatic carbocycles. The molecule has 0 atom stereocenters. The van der Waals surface area contributed by atoms with Crippen LogP contribution in [0.2, 0.25) is 0 Å². The monoisotopic (exact) mass is 342 g/mol. The van der Waals surface area contributed by atoms with Crippen molar-refractivity contribution in [3.05, 3.63) is 57.6 Å². The van der Waals surface area contributed by atoms with E-state index in [0.717, 1.165) is 0 Å². The van der Waals surface area contributed by atoms with E-state index < -0.39 is 11.8 Å². The lowest BCUT2D eigenvalue weighted by Crippen LogP contribution is -2.00. The van der Waals surface area contributed by atoms with Crippen LogP contribution in [0.4, 0.5) is 8.78 Å². The van der Waals surface area contributed by atoms with Gasteiger partial charge in [0.25, 0.3) is 0 Å². The molecular weight excluding hydrogens is 334 g/mol. The smallest absolute Gasteiger partial charge is 0.336 e. The van der Waals surface area contributed by atoms with Gasteiger partial charge >= 0.3 is 5.97 Å². The molecule has 0 heterocycles. The molecule has 104 valence electrons. The zero-order valence-electron chi connectivity index (χ0n) is 10.3. The van der Waals surface area contributed by atoms with Crippen molar-refractivity contribution in [3.63, 3.8) is 0 Å². The first kappa shape index (κ1) is 14.5. The van der Waals surface area contributed by atoms with Crippen molar-refractivity contribution < 1.29 is 23.4 Å². The molecule has 2 rings (SSSR count). The van der Waals surface area contributed by atoms with E-state index in [0.29, 0.717) is 5.56 Å². The second kappa shape index (κ2) is 5.58. The quantitative estimate of drug-likeness (QED) is 0.891. The maximum absolute atomic E-state index is 14.0. The lowest BCUT2D eigenvalue weighted by Gasteiger charge is -2.10. The molecule has 0 bridgehead atoms. The number of hydrogen-bond donors (Lipinski definition) is 1. The van der Waals surface area contributed by atoms with Crippen LogP contribution in [0, 0.1) is 18.6 Å². The number of carboxylic acids is 1. The van der Waals surface area contributed by atoms with Crippen LogP contribution in [0.15, 0.2) is 34.8 Å².